The Morgan fingerprint density at radius 1 is 1.12 bits per heavy atom. The third-order valence-corrected chi connectivity index (χ3v) is 4.58. The highest BCUT2D eigenvalue weighted by Crippen LogP contribution is 2.21. The molecule has 1 aromatic heterocycles. The SMILES string of the molecule is C=Cc1cc(C(=N)c2ccc3ccccc3c2)cs1.CCCNC. The van der Waals surface area contributed by atoms with Gasteiger partial charge < -0.3 is 5.32 Å². The van der Waals surface area contributed by atoms with E-state index in [2.05, 4.69) is 43.1 Å². The molecular weight excluding hydrogens is 312 g/mol. The van der Waals surface area contributed by atoms with Crippen LogP contribution in [0.5, 0.6) is 0 Å². The summed E-state index contributed by atoms with van der Waals surface area (Å²) in [5.74, 6) is 0. The molecule has 0 aliphatic rings. The van der Waals surface area contributed by atoms with Crippen molar-refractivity contribution < 1.29 is 0 Å². The Kier molecular flexibility index (Phi) is 6.91. The normalized spacial score (nSPS) is 10.1. The number of nitrogens with one attached hydrogen (secondary N) is 2. The Labute approximate surface area is 148 Å². The van der Waals surface area contributed by atoms with Crippen molar-refractivity contribution in [2.24, 2.45) is 0 Å². The smallest absolute Gasteiger partial charge is 0.0693 e. The van der Waals surface area contributed by atoms with E-state index >= 15 is 0 Å². The number of rotatable bonds is 5. The average molecular weight is 337 g/mol. The molecule has 0 saturated heterocycles. The first-order valence-electron chi connectivity index (χ1n) is 8.13. The van der Waals surface area contributed by atoms with Gasteiger partial charge in [-0.2, -0.15) is 0 Å². The molecule has 0 aliphatic carbocycles. The summed E-state index contributed by atoms with van der Waals surface area (Å²) in [4.78, 5) is 1.10. The molecule has 0 radical (unpaired) electrons. The van der Waals surface area contributed by atoms with Crippen molar-refractivity contribution in [1.29, 1.82) is 5.41 Å². The first kappa shape index (κ1) is 18.1. The van der Waals surface area contributed by atoms with E-state index in [4.69, 9.17) is 5.41 Å². The topological polar surface area (TPSA) is 35.9 Å². The van der Waals surface area contributed by atoms with Crippen LogP contribution >= 0.6 is 11.3 Å². The van der Waals surface area contributed by atoms with Gasteiger partial charge in [0.1, 0.15) is 0 Å². The molecular formula is C21H24N2S. The fourth-order valence-electron chi connectivity index (χ4n) is 2.35. The van der Waals surface area contributed by atoms with Crippen LogP contribution in [0.2, 0.25) is 0 Å². The molecule has 1 heterocycles. The minimum absolute atomic E-state index is 0.565. The number of hydrogen-bond acceptors (Lipinski definition) is 3. The molecule has 0 unspecified atom stereocenters. The van der Waals surface area contributed by atoms with Crippen molar-refractivity contribution in [2.45, 2.75) is 13.3 Å². The van der Waals surface area contributed by atoms with Crippen LogP contribution in [0.4, 0.5) is 0 Å². The van der Waals surface area contributed by atoms with E-state index < -0.39 is 0 Å². The molecule has 0 aliphatic heterocycles. The zero-order valence-corrected chi connectivity index (χ0v) is 15.1. The Morgan fingerprint density at radius 2 is 1.88 bits per heavy atom. The lowest BCUT2D eigenvalue weighted by Crippen LogP contribution is -2.04. The van der Waals surface area contributed by atoms with E-state index in [-0.39, 0.29) is 0 Å². The highest BCUT2D eigenvalue weighted by molar-refractivity contribution is 7.11. The molecule has 24 heavy (non-hydrogen) atoms. The molecule has 2 nitrogen and oxygen atoms in total. The van der Waals surface area contributed by atoms with Crippen molar-refractivity contribution in [3.63, 3.8) is 0 Å². The van der Waals surface area contributed by atoms with E-state index in [1.54, 1.807) is 11.3 Å². The molecule has 0 spiro atoms. The first-order chi connectivity index (χ1) is 11.7. The Hall–Kier alpha value is -2.23. The number of hydrogen-bond donors (Lipinski definition) is 2. The molecule has 0 atom stereocenters. The zero-order valence-electron chi connectivity index (χ0n) is 14.3. The van der Waals surface area contributed by atoms with Crippen LogP contribution in [0.3, 0.4) is 0 Å². The highest BCUT2D eigenvalue weighted by atomic mass is 32.1. The molecule has 0 bridgehead atoms. The van der Waals surface area contributed by atoms with Gasteiger partial charge in [0, 0.05) is 21.4 Å². The van der Waals surface area contributed by atoms with Gasteiger partial charge in [-0.05, 0) is 42.9 Å². The molecule has 0 amide bonds. The first-order valence-corrected chi connectivity index (χ1v) is 9.01. The number of benzene rings is 2. The van der Waals surface area contributed by atoms with E-state index in [9.17, 15) is 0 Å². The third kappa shape index (κ3) is 4.63. The van der Waals surface area contributed by atoms with Crippen LogP contribution in [0.1, 0.15) is 29.3 Å². The minimum atomic E-state index is 0.565. The van der Waals surface area contributed by atoms with E-state index in [0.29, 0.717) is 5.71 Å². The lowest BCUT2D eigenvalue weighted by molar-refractivity contribution is 0.772. The van der Waals surface area contributed by atoms with Gasteiger partial charge in [-0.25, -0.2) is 0 Å². The molecule has 3 heteroatoms. The lowest BCUT2D eigenvalue weighted by atomic mass is 10.0. The van der Waals surface area contributed by atoms with Crippen molar-refractivity contribution in [1.82, 2.24) is 5.32 Å². The third-order valence-electron chi connectivity index (χ3n) is 3.65. The maximum atomic E-state index is 8.31. The largest absolute Gasteiger partial charge is 0.320 e. The quantitative estimate of drug-likeness (QED) is 0.587. The van der Waals surface area contributed by atoms with Crippen molar-refractivity contribution in [2.75, 3.05) is 13.6 Å². The van der Waals surface area contributed by atoms with Crippen LogP contribution in [-0.2, 0) is 0 Å². The molecule has 3 rings (SSSR count). The molecule has 0 saturated carbocycles. The van der Waals surface area contributed by atoms with E-state index in [0.717, 1.165) is 22.5 Å². The van der Waals surface area contributed by atoms with Crippen LogP contribution in [0.25, 0.3) is 16.8 Å². The van der Waals surface area contributed by atoms with Gasteiger partial charge in [-0.15, -0.1) is 11.3 Å². The maximum absolute atomic E-state index is 8.31. The lowest BCUT2D eigenvalue weighted by Gasteiger charge is -2.04. The summed E-state index contributed by atoms with van der Waals surface area (Å²) >= 11 is 1.62. The predicted molar refractivity (Wildman–Crippen MR) is 109 cm³/mol. The van der Waals surface area contributed by atoms with Gasteiger partial charge in [0.05, 0.1) is 5.71 Å². The van der Waals surface area contributed by atoms with Gasteiger partial charge in [-0.3, -0.25) is 5.41 Å². The van der Waals surface area contributed by atoms with Gasteiger partial charge in [-0.1, -0.05) is 56.0 Å². The standard InChI is InChI=1S/C17H13NS.C4H11N/c1-2-16-10-15(11-19-16)17(18)14-8-7-12-5-3-4-6-13(12)9-14;1-3-4-5-2/h2-11,18H,1H2;5H,3-4H2,1-2H3. The Bertz CT molecular complexity index is 815. The van der Waals surface area contributed by atoms with E-state index in [1.165, 1.54) is 17.2 Å². The van der Waals surface area contributed by atoms with Crippen LogP contribution in [0.15, 0.2) is 60.5 Å². The van der Waals surface area contributed by atoms with Gasteiger partial charge in [0.25, 0.3) is 0 Å². The molecule has 2 N–H and O–H groups in total. The monoisotopic (exact) mass is 336 g/mol. The zero-order chi connectivity index (χ0) is 17.4. The summed E-state index contributed by atoms with van der Waals surface area (Å²) in [7, 11) is 1.96. The molecule has 124 valence electrons. The van der Waals surface area contributed by atoms with Crippen molar-refractivity contribution in [3.8, 4) is 0 Å². The predicted octanol–water partition coefficient (Wildman–Crippen LogP) is 5.58. The van der Waals surface area contributed by atoms with Crippen LogP contribution in [-0.4, -0.2) is 19.3 Å². The molecule has 3 aromatic rings. The maximum Gasteiger partial charge on any atom is 0.0693 e. The summed E-state index contributed by atoms with van der Waals surface area (Å²) in [5.41, 5.74) is 2.47. The minimum Gasteiger partial charge on any atom is -0.320 e. The summed E-state index contributed by atoms with van der Waals surface area (Å²) in [6, 6.07) is 16.4. The summed E-state index contributed by atoms with van der Waals surface area (Å²) < 4.78 is 0. The number of thiophene rings is 1. The fraction of sp³-hybridized carbons (Fsp3) is 0.190. The Balaban J connectivity index is 0.000000368. The highest BCUT2D eigenvalue weighted by Gasteiger charge is 2.07. The second-order valence-electron chi connectivity index (χ2n) is 5.48. The van der Waals surface area contributed by atoms with Crippen LogP contribution in [0, 0.1) is 5.41 Å². The second-order valence-corrected chi connectivity index (χ2v) is 6.43. The molecule has 0 fully saturated rings. The van der Waals surface area contributed by atoms with E-state index in [1.807, 2.05) is 42.8 Å². The van der Waals surface area contributed by atoms with Gasteiger partial charge in [0.15, 0.2) is 0 Å². The number of fused-ring (bicyclic) bond motifs is 1. The van der Waals surface area contributed by atoms with Crippen molar-refractivity contribution in [3.05, 3.63) is 76.5 Å². The molecule has 2 aromatic carbocycles. The second kappa shape index (κ2) is 9.16. The average Bonchev–Trinajstić information content (AvgIpc) is 3.11. The fourth-order valence-corrected chi connectivity index (χ4v) is 3.09. The van der Waals surface area contributed by atoms with Crippen LogP contribution < -0.4 is 5.32 Å². The van der Waals surface area contributed by atoms with Crippen molar-refractivity contribution >= 4 is 33.9 Å². The summed E-state index contributed by atoms with van der Waals surface area (Å²) in [6.07, 6.45) is 3.05. The van der Waals surface area contributed by atoms with Gasteiger partial charge in [0.2, 0.25) is 0 Å². The van der Waals surface area contributed by atoms with Gasteiger partial charge >= 0.3 is 0 Å². The Morgan fingerprint density at radius 3 is 2.46 bits per heavy atom. The summed E-state index contributed by atoms with van der Waals surface area (Å²) in [5, 5.41) is 15.7. The summed E-state index contributed by atoms with van der Waals surface area (Å²) in [6.45, 7) is 7.05.